The van der Waals surface area contributed by atoms with Crippen LogP contribution in [0.25, 0.3) is 22.3 Å². The van der Waals surface area contributed by atoms with E-state index in [1.807, 2.05) is 0 Å². The number of benzene rings is 4. The van der Waals surface area contributed by atoms with Gasteiger partial charge in [0.15, 0.2) is 0 Å². The molecule has 43 heavy (non-hydrogen) atoms. The Morgan fingerprint density at radius 2 is 1.09 bits per heavy atom. The van der Waals surface area contributed by atoms with E-state index < -0.39 is 6.10 Å². The normalized spacial score (nSPS) is 19.5. The summed E-state index contributed by atoms with van der Waals surface area (Å²) >= 11 is 11.1. The van der Waals surface area contributed by atoms with Crippen LogP contribution in [0.1, 0.15) is 46.9 Å². The van der Waals surface area contributed by atoms with Gasteiger partial charge in [-0.1, -0.05) is 102 Å². The SMILES string of the molecule is OC(CC1c2ccccc2-c2ccccc21)CN1CCN(CC(O)CC2c3ccc(Br)cc3-c3cc(Br)cc(Br)c32)CC1. The molecule has 7 rings (SSSR count). The van der Waals surface area contributed by atoms with E-state index in [0.29, 0.717) is 19.5 Å². The smallest absolute Gasteiger partial charge is 0.0676 e. The van der Waals surface area contributed by atoms with Crippen molar-refractivity contribution in [1.82, 2.24) is 9.80 Å². The molecule has 0 radical (unpaired) electrons. The van der Waals surface area contributed by atoms with Crippen LogP contribution in [0.15, 0.2) is 92.3 Å². The minimum absolute atomic E-state index is 0.151. The summed E-state index contributed by atoms with van der Waals surface area (Å²) in [6.45, 7) is 4.97. The standard InChI is InChI=1S/C36H35Br3N2O2/c37-22-9-10-30-31(15-22)33-16-23(38)17-35(39)36(33)34(30)19-25(43)21-41-13-11-40(12-14-41)20-24(42)18-32-28-7-3-1-5-26(28)27-6-2-4-8-29(27)32/h1-10,15-17,24-25,32,34,42-43H,11-14,18-21H2. The number of rotatable bonds is 8. The van der Waals surface area contributed by atoms with Crippen molar-refractivity contribution in [2.45, 2.75) is 36.9 Å². The average Bonchev–Trinajstić information content (AvgIpc) is 3.46. The van der Waals surface area contributed by atoms with Crippen LogP contribution in [0.2, 0.25) is 0 Å². The third-order valence-corrected chi connectivity index (χ3v) is 11.1. The monoisotopic (exact) mass is 764 g/mol. The number of hydrogen-bond acceptors (Lipinski definition) is 4. The second-order valence-corrected chi connectivity index (χ2v) is 14.9. The Hall–Kier alpha value is -1.84. The van der Waals surface area contributed by atoms with E-state index in [-0.39, 0.29) is 17.9 Å². The van der Waals surface area contributed by atoms with Gasteiger partial charge in [-0.05, 0) is 81.6 Å². The van der Waals surface area contributed by atoms with E-state index in [1.165, 1.54) is 44.5 Å². The summed E-state index contributed by atoms with van der Waals surface area (Å²) in [5, 5.41) is 22.5. The summed E-state index contributed by atoms with van der Waals surface area (Å²) in [7, 11) is 0. The van der Waals surface area contributed by atoms with Crippen LogP contribution >= 0.6 is 47.8 Å². The molecule has 0 bridgehead atoms. The van der Waals surface area contributed by atoms with Crippen LogP contribution < -0.4 is 0 Å². The number of β-amino-alcohol motifs (C(OH)–C–C–N with tert-alkyl or cyclic N) is 2. The second kappa shape index (κ2) is 12.5. The van der Waals surface area contributed by atoms with Gasteiger partial charge in [-0.15, -0.1) is 0 Å². The maximum atomic E-state index is 11.3. The van der Waals surface area contributed by atoms with Crippen LogP contribution in [0.3, 0.4) is 0 Å². The van der Waals surface area contributed by atoms with Gasteiger partial charge in [0.25, 0.3) is 0 Å². The summed E-state index contributed by atoms with van der Waals surface area (Å²) in [4.78, 5) is 4.77. The van der Waals surface area contributed by atoms with Crippen LogP contribution in [0.4, 0.5) is 0 Å². The summed E-state index contributed by atoms with van der Waals surface area (Å²) < 4.78 is 3.19. The molecule has 2 aliphatic carbocycles. The number of piperazine rings is 1. The zero-order chi connectivity index (χ0) is 29.7. The Bertz CT molecular complexity index is 1610. The van der Waals surface area contributed by atoms with Crippen LogP contribution in [-0.2, 0) is 0 Å². The van der Waals surface area contributed by atoms with Gasteiger partial charge in [-0.3, -0.25) is 9.80 Å². The largest absolute Gasteiger partial charge is 0.392 e. The molecule has 1 fully saturated rings. The maximum Gasteiger partial charge on any atom is 0.0676 e. The van der Waals surface area contributed by atoms with Crippen molar-refractivity contribution in [2.24, 2.45) is 0 Å². The molecule has 4 nitrogen and oxygen atoms in total. The van der Waals surface area contributed by atoms with Gasteiger partial charge in [0.05, 0.1) is 12.2 Å². The lowest BCUT2D eigenvalue weighted by Crippen LogP contribution is -2.50. The Balaban J connectivity index is 0.946. The highest BCUT2D eigenvalue weighted by molar-refractivity contribution is 9.11. The first-order valence-electron chi connectivity index (χ1n) is 15.1. The Kier molecular flexibility index (Phi) is 8.68. The quantitative estimate of drug-likeness (QED) is 0.191. The average molecular weight is 767 g/mol. The van der Waals surface area contributed by atoms with E-state index in [4.69, 9.17) is 0 Å². The van der Waals surface area contributed by atoms with E-state index in [0.717, 1.165) is 46.0 Å². The topological polar surface area (TPSA) is 46.9 Å². The molecule has 3 aliphatic rings. The fourth-order valence-corrected chi connectivity index (χ4v) is 9.45. The lowest BCUT2D eigenvalue weighted by Gasteiger charge is -2.37. The summed E-state index contributed by atoms with van der Waals surface area (Å²) in [6.07, 6.45) is 0.607. The fourth-order valence-electron chi connectivity index (χ4n) is 7.59. The number of aliphatic hydroxyl groups is 2. The highest BCUT2D eigenvalue weighted by Gasteiger charge is 2.34. The number of fused-ring (bicyclic) bond motifs is 6. The van der Waals surface area contributed by atoms with Crippen molar-refractivity contribution < 1.29 is 10.2 Å². The summed E-state index contributed by atoms with van der Waals surface area (Å²) in [5.41, 5.74) is 10.3. The Morgan fingerprint density at radius 3 is 1.70 bits per heavy atom. The first-order chi connectivity index (χ1) is 20.9. The fraction of sp³-hybridized carbons (Fsp3) is 0.333. The Labute approximate surface area is 279 Å². The van der Waals surface area contributed by atoms with Crippen molar-refractivity contribution >= 4 is 47.8 Å². The highest BCUT2D eigenvalue weighted by Crippen LogP contribution is 2.51. The zero-order valence-electron chi connectivity index (χ0n) is 23.9. The molecule has 7 heteroatoms. The molecule has 4 aromatic rings. The lowest BCUT2D eigenvalue weighted by molar-refractivity contribution is 0.0429. The van der Waals surface area contributed by atoms with E-state index in [2.05, 4.69) is 136 Å². The number of aliphatic hydroxyl groups excluding tert-OH is 2. The minimum Gasteiger partial charge on any atom is -0.392 e. The number of halogens is 3. The molecule has 3 unspecified atom stereocenters. The minimum atomic E-state index is -0.428. The molecule has 3 atom stereocenters. The maximum absolute atomic E-state index is 11.3. The summed E-state index contributed by atoms with van der Waals surface area (Å²) in [6, 6.07) is 28.1. The molecular formula is C36H35Br3N2O2. The van der Waals surface area contributed by atoms with Crippen molar-refractivity contribution in [3.8, 4) is 22.3 Å². The first-order valence-corrected chi connectivity index (χ1v) is 17.5. The second-order valence-electron chi connectivity index (χ2n) is 12.2. The van der Waals surface area contributed by atoms with Crippen molar-refractivity contribution in [3.05, 3.63) is 115 Å². The van der Waals surface area contributed by atoms with Crippen molar-refractivity contribution in [1.29, 1.82) is 0 Å². The number of nitrogens with zero attached hydrogens (tertiary/aromatic N) is 2. The van der Waals surface area contributed by atoms with Crippen molar-refractivity contribution in [3.63, 3.8) is 0 Å². The van der Waals surface area contributed by atoms with Gasteiger partial charge >= 0.3 is 0 Å². The molecule has 0 spiro atoms. The predicted octanol–water partition coefficient (Wildman–Crippen LogP) is 8.02. The third kappa shape index (κ3) is 5.95. The van der Waals surface area contributed by atoms with E-state index >= 15 is 0 Å². The Morgan fingerprint density at radius 1 is 0.581 bits per heavy atom. The van der Waals surface area contributed by atoms with Crippen LogP contribution in [0, 0.1) is 0 Å². The van der Waals surface area contributed by atoms with Gasteiger partial charge in [0.2, 0.25) is 0 Å². The van der Waals surface area contributed by atoms with Gasteiger partial charge in [0.1, 0.15) is 0 Å². The van der Waals surface area contributed by atoms with E-state index in [9.17, 15) is 10.2 Å². The van der Waals surface area contributed by atoms with Gasteiger partial charge < -0.3 is 10.2 Å². The van der Waals surface area contributed by atoms with Crippen LogP contribution in [-0.4, -0.2) is 71.5 Å². The molecule has 2 N–H and O–H groups in total. The number of hydrogen-bond donors (Lipinski definition) is 2. The third-order valence-electron chi connectivity index (χ3n) is 9.50. The molecule has 1 heterocycles. The van der Waals surface area contributed by atoms with Gasteiger partial charge in [-0.25, -0.2) is 0 Å². The molecule has 1 saturated heterocycles. The molecule has 222 valence electrons. The van der Waals surface area contributed by atoms with Crippen LogP contribution in [0.5, 0.6) is 0 Å². The predicted molar refractivity (Wildman–Crippen MR) is 185 cm³/mol. The first kappa shape index (κ1) is 29.8. The molecule has 0 aromatic heterocycles. The molecule has 4 aromatic carbocycles. The van der Waals surface area contributed by atoms with Gasteiger partial charge in [0, 0.05) is 64.5 Å². The summed E-state index contributed by atoms with van der Waals surface area (Å²) in [5.74, 6) is 0.393. The molecule has 0 saturated carbocycles. The van der Waals surface area contributed by atoms with Gasteiger partial charge in [-0.2, -0.15) is 0 Å². The lowest BCUT2D eigenvalue weighted by atomic mass is 9.90. The van der Waals surface area contributed by atoms with Crippen molar-refractivity contribution in [2.75, 3.05) is 39.3 Å². The highest BCUT2D eigenvalue weighted by atomic mass is 79.9. The molecule has 0 amide bonds. The molecule has 1 aliphatic heterocycles. The zero-order valence-corrected chi connectivity index (χ0v) is 28.7. The van der Waals surface area contributed by atoms with E-state index in [1.54, 1.807) is 0 Å². The molecular weight excluding hydrogens is 732 g/mol.